The van der Waals surface area contributed by atoms with Crippen LogP contribution in [0.3, 0.4) is 0 Å². The van der Waals surface area contributed by atoms with Crippen molar-refractivity contribution in [2.45, 2.75) is 116 Å². The van der Waals surface area contributed by atoms with Crippen molar-refractivity contribution >= 4 is 32.2 Å². The van der Waals surface area contributed by atoms with Crippen molar-refractivity contribution in [2.24, 2.45) is 0 Å². The first-order valence-electron chi connectivity index (χ1n) is 21.0. The number of rotatable bonds is 13. The molecule has 0 spiro atoms. The number of likely N-dealkylation sites (tertiary alicyclic amines) is 1. The van der Waals surface area contributed by atoms with E-state index < -0.39 is 121 Å². The zero-order valence-corrected chi connectivity index (χ0v) is 36.0. The third kappa shape index (κ3) is 9.76. The van der Waals surface area contributed by atoms with E-state index in [9.17, 15) is 59.5 Å². The highest BCUT2D eigenvalue weighted by Gasteiger charge is 2.58. The molecule has 3 aromatic rings. The maximum absolute atomic E-state index is 13.6. The number of piperidine rings is 1. The number of hydrogen-bond acceptors (Lipinski definition) is 19. The minimum absolute atomic E-state index is 0.116. The van der Waals surface area contributed by atoms with Gasteiger partial charge in [0, 0.05) is 41.8 Å². The number of fused-ring (bicyclic) bond motifs is 1. The van der Waals surface area contributed by atoms with Crippen LogP contribution in [0.1, 0.15) is 24.8 Å². The van der Waals surface area contributed by atoms with Crippen LogP contribution in [0.25, 0.3) is 10.8 Å². The average Bonchev–Trinajstić information content (AvgIpc) is 3.54. The molecular weight excluding hydrogens is 863 g/mol. The van der Waals surface area contributed by atoms with Crippen LogP contribution >= 0.6 is 0 Å². The lowest BCUT2D eigenvalue weighted by Crippen LogP contribution is -2.65. The Morgan fingerprint density at radius 2 is 1.44 bits per heavy atom. The van der Waals surface area contributed by atoms with Crippen molar-refractivity contribution in [1.29, 1.82) is 0 Å². The summed E-state index contributed by atoms with van der Waals surface area (Å²) in [6.07, 6.45) is -19.9. The van der Waals surface area contributed by atoms with E-state index in [1.807, 2.05) is 36.0 Å². The Bertz CT molecular complexity index is 2220. The summed E-state index contributed by atoms with van der Waals surface area (Å²) in [5.41, 5.74) is 1.65. The van der Waals surface area contributed by atoms with Gasteiger partial charge in [-0.25, -0.2) is 8.42 Å². The summed E-state index contributed by atoms with van der Waals surface area (Å²) in [6.45, 7) is -1.40. The van der Waals surface area contributed by atoms with Crippen molar-refractivity contribution in [2.75, 3.05) is 56.6 Å². The van der Waals surface area contributed by atoms with Gasteiger partial charge in [0.15, 0.2) is 12.6 Å². The highest BCUT2D eigenvalue weighted by Crippen LogP contribution is 2.37. The molecule has 1 unspecified atom stereocenters. The van der Waals surface area contributed by atoms with Crippen LogP contribution in [0, 0.1) is 11.8 Å². The van der Waals surface area contributed by atoms with Gasteiger partial charge in [-0.15, -0.1) is 0 Å². The predicted molar refractivity (Wildman–Crippen MR) is 226 cm³/mol. The molecule has 0 aromatic heterocycles. The maximum Gasteiger partial charge on any atom is 0.262 e. The number of hydrogen-bond donors (Lipinski definition) is 11. The van der Waals surface area contributed by atoms with Gasteiger partial charge in [0.2, 0.25) is 5.79 Å². The Balaban J connectivity index is 1.06. The van der Waals surface area contributed by atoms with Crippen LogP contribution in [0.4, 0.5) is 11.4 Å². The van der Waals surface area contributed by atoms with Crippen molar-refractivity contribution in [3.8, 4) is 11.8 Å². The van der Waals surface area contributed by atoms with Gasteiger partial charge in [0.05, 0.1) is 18.1 Å². The third-order valence-corrected chi connectivity index (χ3v) is 13.6. The van der Waals surface area contributed by atoms with E-state index in [-0.39, 0.29) is 4.90 Å². The van der Waals surface area contributed by atoms with Crippen molar-refractivity contribution < 1.29 is 83.2 Å². The summed E-state index contributed by atoms with van der Waals surface area (Å²) in [7, 11) is -0.248. The largest absolute Gasteiger partial charge is 0.394 e. The zero-order valence-electron chi connectivity index (χ0n) is 35.1. The number of aliphatic hydroxyl groups is 10. The number of nitrogens with one attached hydrogen (secondary N) is 1. The van der Waals surface area contributed by atoms with Gasteiger partial charge >= 0.3 is 0 Å². The molecule has 4 aliphatic heterocycles. The van der Waals surface area contributed by atoms with Crippen LogP contribution < -0.4 is 9.62 Å². The topological polar surface area (TPSA) is 301 Å². The Morgan fingerprint density at radius 1 is 0.781 bits per heavy atom. The minimum atomic E-state index is -4.01. The monoisotopic (exact) mass is 919 g/mol. The molecule has 4 saturated heterocycles. The molecule has 21 heteroatoms. The smallest absolute Gasteiger partial charge is 0.262 e. The van der Waals surface area contributed by atoms with E-state index in [1.54, 1.807) is 48.5 Å². The van der Waals surface area contributed by atoms with Crippen molar-refractivity contribution in [3.05, 3.63) is 66.2 Å². The summed E-state index contributed by atoms with van der Waals surface area (Å²) < 4.78 is 58.5. The molecule has 4 fully saturated rings. The average molecular weight is 920 g/mol. The number of aliphatic hydroxyl groups excluding tert-OH is 10. The molecule has 0 bridgehead atoms. The van der Waals surface area contributed by atoms with Crippen molar-refractivity contribution in [1.82, 2.24) is 4.90 Å². The molecule has 0 radical (unpaired) electrons. The van der Waals surface area contributed by atoms with Gasteiger partial charge in [-0.2, -0.15) is 0 Å². The van der Waals surface area contributed by atoms with E-state index >= 15 is 0 Å². The fourth-order valence-electron chi connectivity index (χ4n) is 8.54. The van der Waals surface area contributed by atoms with Gasteiger partial charge < -0.3 is 79.6 Å². The summed E-state index contributed by atoms with van der Waals surface area (Å²) in [5.74, 6) is 3.81. The van der Waals surface area contributed by atoms with E-state index in [0.717, 1.165) is 30.3 Å². The molecule has 0 amide bonds. The second-order valence-electron chi connectivity index (χ2n) is 16.7. The molecule has 20 nitrogen and oxygen atoms in total. The molecule has 11 N–H and O–H groups in total. The Morgan fingerprint density at radius 3 is 2.09 bits per heavy atom. The number of anilines is 2. The van der Waals surface area contributed by atoms with Gasteiger partial charge in [-0.3, -0.25) is 9.62 Å². The third-order valence-electron chi connectivity index (χ3n) is 12.1. The van der Waals surface area contributed by atoms with Crippen LogP contribution in [0.15, 0.2) is 65.6 Å². The first-order valence-corrected chi connectivity index (χ1v) is 22.5. The SMILES string of the molecule is CN(C)c1cccc2c(S(=O)(=O)Nc3ccc(C#CC([C@H]4O[C@H](OC[C@H]5O[C@H](O[C@]6(CO)O[C@H](CO)[C@@H](O)[C@@H]6O)[C@H](O)[C@@H](O)[C@@H]5O)[C@H](O)[C@@H](O)[C@H]4O)N4CCCCC4)cc3)cccc12. The van der Waals surface area contributed by atoms with E-state index in [2.05, 4.69) is 16.6 Å². The summed E-state index contributed by atoms with van der Waals surface area (Å²) in [6, 6.07) is 16.1. The summed E-state index contributed by atoms with van der Waals surface area (Å²) in [4.78, 5) is 4.00. The van der Waals surface area contributed by atoms with Gasteiger partial charge in [-0.1, -0.05) is 42.5 Å². The van der Waals surface area contributed by atoms with Crippen LogP contribution in [-0.2, 0) is 33.7 Å². The molecular formula is C43H57N3O17S. The fraction of sp³-hybridized carbons (Fsp3) is 0.581. The molecule has 64 heavy (non-hydrogen) atoms. The lowest BCUT2D eigenvalue weighted by atomic mass is 9.92. The van der Waals surface area contributed by atoms with Crippen LogP contribution in [0.5, 0.6) is 0 Å². The molecule has 0 saturated carbocycles. The van der Waals surface area contributed by atoms with Gasteiger partial charge in [0.1, 0.15) is 79.8 Å². The summed E-state index contributed by atoms with van der Waals surface area (Å²) >= 11 is 0. The molecule has 0 aliphatic carbocycles. The zero-order chi connectivity index (χ0) is 46.1. The predicted octanol–water partition coefficient (Wildman–Crippen LogP) is -2.64. The van der Waals surface area contributed by atoms with Gasteiger partial charge in [0.25, 0.3) is 10.0 Å². The Labute approximate surface area is 369 Å². The normalized spacial score (nSPS) is 35.4. The lowest BCUT2D eigenvalue weighted by Gasteiger charge is -2.46. The molecule has 15 atom stereocenters. The number of nitrogens with zero attached hydrogens (tertiary/aromatic N) is 2. The summed E-state index contributed by atoms with van der Waals surface area (Å²) in [5, 5.41) is 107. The van der Waals surface area contributed by atoms with Crippen LogP contribution in [-0.4, -0.2) is 203 Å². The van der Waals surface area contributed by atoms with Gasteiger partial charge in [-0.05, 0) is 62.3 Å². The minimum Gasteiger partial charge on any atom is -0.394 e. The van der Waals surface area contributed by atoms with E-state index in [4.69, 9.17) is 23.7 Å². The Kier molecular flexibility index (Phi) is 15.2. The highest BCUT2D eigenvalue weighted by molar-refractivity contribution is 7.93. The van der Waals surface area contributed by atoms with Crippen molar-refractivity contribution in [3.63, 3.8) is 0 Å². The fourth-order valence-corrected chi connectivity index (χ4v) is 9.82. The number of ether oxygens (including phenoxy) is 5. The first-order chi connectivity index (χ1) is 30.5. The van der Waals surface area contributed by atoms with Crippen LogP contribution in [0.2, 0.25) is 0 Å². The molecule has 7 rings (SSSR count). The molecule has 3 aromatic carbocycles. The first kappa shape index (κ1) is 48.3. The highest BCUT2D eigenvalue weighted by atomic mass is 32.2. The second kappa shape index (κ2) is 20.1. The lowest BCUT2D eigenvalue weighted by molar-refractivity contribution is -0.388. The molecule has 4 heterocycles. The second-order valence-corrected chi connectivity index (χ2v) is 18.3. The Hall–Kier alpha value is -3.61. The maximum atomic E-state index is 13.6. The molecule has 4 aliphatic rings. The number of sulfonamides is 1. The van der Waals surface area contributed by atoms with E-state index in [0.29, 0.717) is 29.7 Å². The molecule has 352 valence electrons. The quantitative estimate of drug-likeness (QED) is 0.0782. The van der Waals surface area contributed by atoms with E-state index in [1.165, 1.54) is 0 Å². The number of benzene rings is 3. The standard InChI is InChI=1S/C43H57N3O17S/c1-45(2)27-10-6-9-26-25(27)8-7-11-31(26)64(57,58)44-24-15-12-23(13-16-24)14-17-28(46-18-4-3-5-19-46)39-36(53)35(52)37(54)41(61-39)59-21-30-32(49)34(51)38(55)42(60-30)63-43(22-48)40(56)33(50)29(20-47)62-43/h6-13,15-16,28-30,32-42,44,47-56H,3-5,18-22H2,1-2H3/t28?,29-,30-,32-,33-,34+,35+,36-,37-,38-,39-,40+,41+,42-,43+/m1/s1.